The number of phenolic OH excluding ortho intramolecular Hbond substituents is 1. The molecule has 0 bridgehead atoms. The van der Waals surface area contributed by atoms with Crippen molar-refractivity contribution in [2.45, 2.75) is 65.7 Å². The summed E-state index contributed by atoms with van der Waals surface area (Å²) < 4.78 is 0. The molecule has 1 aromatic carbocycles. The number of phenols is 1. The molecule has 0 spiro atoms. The first-order chi connectivity index (χ1) is 13.1. The Bertz CT molecular complexity index is 925. The number of carboxylic acid groups (broad SMARTS) is 2. The molecule has 0 radical (unpaired) electrons. The zero-order valence-electron chi connectivity index (χ0n) is 18.2. The largest absolute Gasteiger partial charge is 0.507 e. The molecule has 5 heteroatoms. The van der Waals surface area contributed by atoms with Crippen molar-refractivity contribution >= 4 is 18.0 Å². The minimum Gasteiger partial charge on any atom is -0.507 e. The Labute approximate surface area is 172 Å². The number of carbonyl (C=O) groups is 2. The predicted molar refractivity (Wildman–Crippen MR) is 114 cm³/mol. The van der Waals surface area contributed by atoms with E-state index in [-0.39, 0.29) is 39.7 Å². The van der Waals surface area contributed by atoms with Crippen LogP contribution in [0.25, 0.3) is 6.08 Å². The summed E-state index contributed by atoms with van der Waals surface area (Å²) in [7, 11) is 0. The van der Waals surface area contributed by atoms with Crippen molar-refractivity contribution in [3.05, 3.63) is 57.2 Å². The Morgan fingerprint density at radius 3 is 1.79 bits per heavy atom. The molecule has 1 aromatic rings. The molecule has 0 saturated carbocycles. The van der Waals surface area contributed by atoms with Crippen molar-refractivity contribution in [3.63, 3.8) is 0 Å². The zero-order chi connectivity index (χ0) is 22.3. The lowest BCUT2D eigenvalue weighted by molar-refractivity contribution is -0.132. The highest BCUT2D eigenvalue weighted by atomic mass is 16.4. The standard InChI is InChI=1S/C24H30O5/c1-13-16(21(26)27)9-14(10-17(13)22(28)29)8-15-11-18(23(2,3)4)20(25)19(12-15)24(5,6)7/h8-9,11-12,25H,10H2,1-7H3,(H,26,27)(H,28,29). The number of hydrogen-bond donors (Lipinski definition) is 3. The average Bonchev–Trinajstić information content (AvgIpc) is 2.55. The van der Waals surface area contributed by atoms with E-state index in [1.807, 2.05) is 59.8 Å². The monoisotopic (exact) mass is 398 g/mol. The molecule has 2 rings (SSSR count). The normalized spacial score (nSPS) is 16.8. The van der Waals surface area contributed by atoms with Gasteiger partial charge in [-0.05, 0) is 52.7 Å². The van der Waals surface area contributed by atoms with Gasteiger partial charge in [-0.3, -0.25) is 0 Å². The van der Waals surface area contributed by atoms with Gasteiger partial charge in [0.25, 0.3) is 0 Å². The number of benzene rings is 1. The van der Waals surface area contributed by atoms with E-state index >= 15 is 0 Å². The molecule has 29 heavy (non-hydrogen) atoms. The summed E-state index contributed by atoms with van der Waals surface area (Å²) >= 11 is 0. The van der Waals surface area contributed by atoms with Gasteiger partial charge in [-0.2, -0.15) is 0 Å². The van der Waals surface area contributed by atoms with Gasteiger partial charge in [-0.25, -0.2) is 9.59 Å². The number of allylic oxidation sites excluding steroid dienone is 2. The number of carboxylic acids is 2. The van der Waals surface area contributed by atoms with Gasteiger partial charge in [0.2, 0.25) is 0 Å². The van der Waals surface area contributed by atoms with Crippen LogP contribution in [-0.4, -0.2) is 27.3 Å². The van der Waals surface area contributed by atoms with Crippen LogP contribution in [0.15, 0.2) is 40.5 Å². The fourth-order valence-electron chi connectivity index (χ4n) is 3.49. The molecule has 0 aliphatic heterocycles. The number of aliphatic carboxylic acids is 2. The highest BCUT2D eigenvalue weighted by molar-refractivity contribution is 5.99. The second kappa shape index (κ2) is 7.54. The maximum Gasteiger partial charge on any atom is 0.335 e. The number of aromatic hydroxyl groups is 1. The molecule has 0 aromatic heterocycles. The quantitative estimate of drug-likeness (QED) is 0.651. The minimum atomic E-state index is -1.15. The Kier molecular flexibility index (Phi) is 5.84. The topological polar surface area (TPSA) is 94.8 Å². The maximum absolute atomic E-state index is 11.6. The molecule has 1 aliphatic rings. The maximum atomic E-state index is 11.6. The minimum absolute atomic E-state index is 0.00855. The Morgan fingerprint density at radius 1 is 0.931 bits per heavy atom. The summed E-state index contributed by atoms with van der Waals surface area (Å²) in [4.78, 5) is 23.2. The Hall–Kier alpha value is -2.82. The predicted octanol–water partition coefficient (Wildman–Crippen LogP) is 5.19. The summed E-state index contributed by atoms with van der Waals surface area (Å²) in [6.45, 7) is 13.6. The average molecular weight is 398 g/mol. The lowest BCUT2D eigenvalue weighted by Crippen LogP contribution is -2.17. The van der Waals surface area contributed by atoms with Gasteiger partial charge in [0.1, 0.15) is 5.75 Å². The molecule has 0 fully saturated rings. The van der Waals surface area contributed by atoms with E-state index in [1.165, 1.54) is 13.0 Å². The van der Waals surface area contributed by atoms with Crippen LogP contribution in [0, 0.1) is 0 Å². The molecule has 5 nitrogen and oxygen atoms in total. The highest BCUT2D eigenvalue weighted by Crippen LogP contribution is 2.40. The van der Waals surface area contributed by atoms with Crippen molar-refractivity contribution in [1.29, 1.82) is 0 Å². The number of rotatable bonds is 3. The third kappa shape index (κ3) is 4.78. The van der Waals surface area contributed by atoms with Gasteiger partial charge in [0.05, 0.1) is 5.57 Å². The van der Waals surface area contributed by atoms with Crippen molar-refractivity contribution in [1.82, 2.24) is 0 Å². The lowest BCUT2D eigenvalue weighted by Gasteiger charge is -2.28. The van der Waals surface area contributed by atoms with E-state index in [0.29, 0.717) is 5.57 Å². The van der Waals surface area contributed by atoms with Crippen molar-refractivity contribution in [2.24, 2.45) is 0 Å². The van der Waals surface area contributed by atoms with Gasteiger partial charge in [0.15, 0.2) is 0 Å². The van der Waals surface area contributed by atoms with E-state index in [4.69, 9.17) is 0 Å². The van der Waals surface area contributed by atoms with E-state index in [2.05, 4.69) is 0 Å². The molecular weight excluding hydrogens is 368 g/mol. The highest BCUT2D eigenvalue weighted by Gasteiger charge is 2.27. The van der Waals surface area contributed by atoms with Crippen LogP contribution in [0.4, 0.5) is 0 Å². The molecule has 0 heterocycles. The molecule has 0 amide bonds. The van der Waals surface area contributed by atoms with Crippen molar-refractivity contribution in [2.75, 3.05) is 0 Å². The Balaban J connectivity index is 2.71. The fraction of sp³-hybridized carbons (Fsp3) is 0.417. The van der Waals surface area contributed by atoms with Crippen molar-refractivity contribution in [3.8, 4) is 5.75 Å². The van der Waals surface area contributed by atoms with E-state index in [0.717, 1.165) is 16.7 Å². The van der Waals surface area contributed by atoms with Crippen LogP contribution in [0.3, 0.4) is 0 Å². The fourth-order valence-corrected chi connectivity index (χ4v) is 3.49. The summed E-state index contributed by atoms with van der Waals surface area (Å²) in [5.74, 6) is -2.00. The van der Waals surface area contributed by atoms with Gasteiger partial charge in [-0.15, -0.1) is 0 Å². The summed E-state index contributed by atoms with van der Waals surface area (Å²) in [6.07, 6.45) is 3.49. The van der Waals surface area contributed by atoms with Gasteiger partial charge in [-0.1, -0.05) is 47.6 Å². The molecule has 156 valence electrons. The summed E-state index contributed by atoms with van der Waals surface area (Å²) in [5, 5.41) is 29.8. The van der Waals surface area contributed by atoms with Crippen LogP contribution in [0.5, 0.6) is 5.75 Å². The number of hydrogen-bond acceptors (Lipinski definition) is 3. The van der Waals surface area contributed by atoms with E-state index in [9.17, 15) is 24.9 Å². The first-order valence-corrected chi connectivity index (χ1v) is 9.60. The van der Waals surface area contributed by atoms with Crippen molar-refractivity contribution < 1.29 is 24.9 Å². The van der Waals surface area contributed by atoms with Crippen LogP contribution in [-0.2, 0) is 20.4 Å². The second-order valence-electron chi connectivity index (χ2n) is 9.63. The molecule has 0 atom stereocenters. The molecule has 0 unspecified atom stereocenters. The third-order valence-corrected chi connectivity index (χ3v) is 5.16. The van der Waals surface area contributed by atoms with Gasteiger partial charge < -0.3 is 15.3 Å². The van der Waals surface area contributed by atoms with Crippen LogP contribution >= 0.6 is 0 Å². The summed E-state index contributed by atoms with van der Waals surface area (Å²) in [6, 6.07) is 3.77. The molecule has 1 aliphatic carbocycles. The van der Waals surface area contributed by atoms with Gasteiger partial charge >= 0.3 is 11.9 Å². The van der Waals surface area contributed by atoms with E-state index < -0.39 is 11.9 Å². The molecule has 0 saturated heterocycles. The molecular formula is C24H30O5. The van der Waals surface area contributed by atoms with E-state index in [1.54, 1.807) is 0 Å². The van der Waals surface area contributed by atoms with Crippen LogP contribution < -0.4 is 0 Å². The lowest BCUT2D eigenvalue weighted by atomic mass is 9.78. The zero-order valence-corrected chi connectivity index (χ0v) is 18.2. The van der Waals surface area contributed by atoms with Crippen LogP contribution in [0.1, 0.15) is 71.6 Å². The summed E-state index contributed by atoms with van der Waals surface area (Å²) in [5.41, 5.74) is 2.76. The molecule has 3 N–H and O–H groups in total. The van der Waals surface area contributed by atoms with Crippen LogP contribution in [0.2, 0.25) is 0 Å². The first kappa shape index (κ1) is 22.5. The second-order valence-corrected chi connectivity index (χ2v) is 9.63. The SMILES string of the molecule is CC1=C(C(=O)O)CC(=Cc2cc(C(C)(C)C)c(O)c(C(C)(C)C)c2)C=C1C(=O)O. The first-order valence-electron chi connectivity index (χ1n) is 9.60. The van der Waals surface area contributed by atoms with Gasteiger partial charge in [0, 0.05) is 23.1 Å². The third-order valence-electron chi connectivity index (χ3n) is 5.16. The Morgan fingerprint density at radius 2 is 1.41 bits per heavy atom. The smallest absolute Gasteiger partial charge is 0.335 e.